The van der Waals surface area contributed by atoms with Gasteiger partial charge in [0, 0.05) is 24.0 Å². The highest BCUT2D eigenvalue weighted by atomic mass is 19.2. The summed E-state index contributed by atoms with van der Waals surface area (Å²) < 4.78 is 27.9. The van der Waals surface area contributed by atoms with Gasteiger partial charge in [-0.2, -0.15) is 0 Å². The van der Waals surface area contributed by atoms with Crippen molar-refractivity contribution >= 4 is 0 Å². The molecule has 1 aromatic heterocycles. The molecule has 1 N–H and O–H groups in total. The van der Waals surface area contributed by atoms with Gasteiger partial charge >= 0.3 is 0 Å². The van der Waals surface area contributed by atoms with E-state index in [1.165, 1.54) is 0 Å². The van der Waals surface area contributed by atoms with E-state index in [4.69, 9.17) is 0 Å². The standard InChI is InChI=1S/C17H20F2N2/c1-3-21-15(9-7-13-5-4-10-20-11-13)14-8-6-12(2)16(18)17(14)19/h4-6,8,10-11,15,21H,3,7,9H2,1-2H3. The van der Waals surface area contributed by atoms with Crippen LogP contribution in [0.1, 0.15) is 36.1 Å². The molecule has 4 heteroatoms. The Morgan fingerprint density at radius 2 is 2.00 bits per heavy atom. The topological polar surface area (TPSA) is 24.9 Å². The zero-order valence-corrected chi connectivity index (χ0v) is 12.4. The summed E-state index contributed by atoms with van der Waals surface area (Å²) in [5.74, 6) is -1.50. The molecule has 1 heterocycles. The molecule has 0 aliphatic carbocycles. The van der Waals surface area contributed by atoms with Gasteiger partial charge in [-0.15, -0.1) is 0 Å². The van der Waals surface area contributed by atoms with E-state index >= 15 is 0 Å². The van der Waals surface area contributed by atoms with E-state index in [0.717, 1.165) is 12.0 Å². The maximum atomic E-state index is 14.1. The monoisotopic (exact) mass is 290 g/mol. The summed E-state index contributed by atoms with van der Waals surface area (Å²) in [4.78, 5) is 4.07. The molecule has 1 atom stereocenters. The normalized spacial score (nSPS) is 12.4. The molecular formula is C17H20F2N2. The fourth-order valence-electron chi connectivity index (χ4n) is 2.40. The summed E-state index contributed by atoms with van der Waals surface area (Å²) in [5.41, 5.74) is 1.82. The van der Waals surface area contributed by atoms with Crippen LogP contribution in [0.25, 0.3) is 0 Å². The van der Waals surface area contributed by atoms with Gasteiger partial charge in [0.25, 0.3) is 0 Å². The Hall–Kier alpha value is -1.81. The van der Waals surface area contributed by atoms with E-state index in [-0.39, 0.29) is 6.04 Å². The quantitative estimate of drug-likeness (QED) is 0.871. The third-order valence-corrected chi connectivity index (χ3v) is 3.58. The van der Waals surface area contributed by atoms with E-state index in [2.05, 4.69) is 10.3 Å². The summed E-state index contributed by atoms with van der Waals surface area (Å²) in [6.45, 7) is 4.23. The molecule has 0 saturated heterocycles. The van der Waals surface area contributed by atoms with E-state index in [1.54, 1.807) is 31.5 Å². The molecule has 0 bridgehead atoms. The average Bonchev–Trinajstić information content (AvgIpc) is 2.51. The lowest BCUT2D eigenvalue weighted by Gasteiger charge is -2.19. The van der Waals surface area contributed by atoms with Crippen molar-refractivity contribution in [3.8, 4) is 0 Å². The van der Waals surface area contributed by atoms with Crippen molar-refractivity contribution in [2.45, 2.75) is 32.7 Å². The second-order valence-corrected chi connectivity index (χ2v) is 5.11. The molecule has 1 aromatic carbocycles. The van der Waals surface area contributed by atoms with Crippen molar-refractivity contribution in [2.24, 2.45) is 0 Å². The summed E-state index contributed by atoms with van der Waals surface area (Å²) >= 11 is 0. The average molecular weight is 290 g/mol. The number of benzene rings is 1. The van der Waals surface area contributed by atoms with Crippen LogP contribution in [0.4, 0.5) is 8.78 Å². The van der Waals surface area contributed by atoms with Crippen LogP contribution >= 0.6 is 0 Å². The van der Waals surface area contributed by atoms with Crippen LogP contribution in [-0.2, 0) is 6.42 Å². The number of nitrogens with one attached hydrogen (secondary N) is 1. The maximum Gasteiger partial charge on any atom is 0.163 e. The van der Waals surface area contributed by atoms with Crippen LogP contribution in [0.15, 0.2) is 36.7 Å². The third-order valence-electron chi connectivity index (χ3n) is 3.58. The molecule has 0 radical (unpaired) electrons. The van der Waals surface area contributed by atoms with Gasteiger partial charge in [0.2, 0.25) is 0 Å². The van der Waals surface area contributed by atoms with Crippen LogP contribution in [0.2, 0.25) is 0 Å². The van der Waals surface area contributed by atoms with Gasteiger partial charge in [-0.3, -0.25) is 4.98 Å². The molecule has 0 aliphatic rings. The highest BCUT2D eigenvalue weighted by molar-refractivity contribution is 5.28. The van der Waals surface area contributed by atoms with E-state index < -0.39 is 11.6 Å². The molecule has 21 heavy (non-hydrogen) atoms. The van der Waals surface area contributed by atoms with E-state index in [0.29, 0.717) is 24.1 Å². The van der Waals surface area contributed by atoms with Crippen molar-refractivity contribution in [2.75, 3.05) is 6.54 Å². The number of pyridine rings is 1. The lowest BCUT2D eigenvalue weighted by Crippen LogP contribution is -2.23. The van der Waals surface area contributed by atoms with Crippen molar-refractivity contribution in [1.82, 2.24) is 10.3 Å². The van der Waals surface area contributed by atoms with Crippen LogP contribution in [0.5, 0.6) is 0 Å². The van der Waals surface area contributed by atoms with Crippen molar-refractivity contribution in [1.29, 1.82) is 0 Å². The summed E-state index contributed by atoms with van der Waals surface area (Å²) in [7, 11) is 0. The largest absolute Gasteiger partial charge is 0.310 e. The highest BCUT2D eigenvalue weighted by Gasteiger charge is 2.18. The fraction of sp³-hybridized carbons (Fsp3) is 0.353. The summed E-state index contributed by atoms with van der Waals surface area (Å²) in [6, 6.07) is 6.96. The minimum absolute atomic E-state index is 0.203. The minimum Gasteiger partial charge on any atom is -0.310 e. The first-order valence-electron chi connectivity index (χ1n) is 7.20. The zero-order chi connectivity index (χ0) is 15.2. The van der Waals surface area contributed by atoms with Crippen molar-refractivity contribution in [3.63, 3.8) is 0 Å². The predicted molar refractivity (Wildman–Crippen MR) is 80.1 cm³/mol. The van der Waals surface area contributed by atoms with Gasteiger partial charge in [0.05, 0.1) is 0 Å². The Morgan fingerprint density at radius 3 is 2.67 bits per heavy atom. The van der Waals surface area contributed by atoms with Crippen LogP contribution in [0, 0.1) is 18.6 Å². The molecule has 0 aliphatic heterocycles. The maximum absolute atomic E-state index is 14.1. The molecule has 1 unspecified atom stereocenters. The molecule has 0 spiro atoms. The lowest BCUT2D eigenvalue weighted by molar-refractivity contribution is 0.449. The number of hydrogen-bond acceptors (Lipinski definition) is 2. The molecular weight excluding hydrogens is 270 g/mol. The minimum atomic E-state index is -0.753. The number of aryl methyl sites for hydroxylation is 2. The van der Waals surface area contributed by atoms with Gasteiger partial charge in [-0.05, 0) is 43.5 Å². The second kappa shape index (κ2) is 7.27. The van der Waals surface area contributed by atoms with Gasteiger partial charge in [-0.25, -0.2) is 8.78 Å². The van der Waals surface area contributed by atoms with Crippen LogP contribution in [0.3, 0.4) is 0 Å². The number of halogens is 2. The number of nitrogens with zero attached hydrogens (tertiary/aromatic N) is 1. The predicted octanol–water partition coefficient (Wildman–Crippen LogP) is 3.95. The smallest absolute Gasteiger partial charge is 0.163 e. The Morgan fingerprint density at radius 1 is 1.19 bits per heavy atom. The van der Waals surface area contributed by atoms with Gasteiger partial charge in [0.1, 0.15) is 0 Å². The Labute approximate surface area is 124 Å². The molecule has 2 aromatic rings. The first-order chi connectivity index (χ1) is 10.1. The van der Waals surface area contributed by atoms with Crippen molar-refractivity contribution in [3.05, 3.63) is 65.0 Å². The summed E-state index contributed by atoms with van der Waals surface area (Å²) in [5, 5.41) is 3.23. The number of aromatic nitrogens is 1. The number of rotatable bonds is 6. The highest BCUT2D eigenvalue weighted by Crippen LogP contribution is 2.25. The Bertz CT molecular complexity index is 585. The van der Waals surface area contributed by atoms with Crippen LogP contribution in [-0.4, -0.2) is 11.5 Å². The first kappa shape index (κ1) is 15.6. The van der Waals surface area contributed by atoms with E-state index in [9.17, 15) is 8.78 Å². The summed E-state index contributed by atoms with van der Waals surface area (Å²) in [6.07, 6.45) is 4.98. The van der Waals surface area contributed by atoms with Gasteiger partial charge in [0.15, 0.2) is 11.6 Å². The molecule has 2 rings (SSSR count). The molecule has 0 saturated carbocycles. The molecule has 112 valence electrons. The fourth-order valence-corrected chi connectivity index (χ4v) is 2.40. The van der Waals surface area contributed by atoms with Crippen LogP contribution < -0.4 is 5.32 Å². The molecule has 0 amide bonds. The third kappa shape index (κ3) is 3.85. The molecule has 0 fully saturated rings. The van der Waals surface area contributed by atoms with Crippen molar-refractivity contribution < 1.29 is 8.78 Å². The number of hydrogen-bond donors (Lipinski definition) is 1. The zero-order valence-electron chi connectivity index (χ0n) is 12.4. The van der Waals surface area contributed by atoms with Gasteiger partial charge in [-0.1, -0.05) is 25.1 Å². The van der Waals surface area contributed by atoms with E-state index in [1.807, 2.05) is 19.1 Å². The second-order valence-electron chi connectivity index (χ2n) is 5.11. The lowest BCUT2D eigenvalue weighted by atomic mass is 9.97. The Kier molecular flexibility index (Phi) is 5.39. The Balaban J connectivity index is 2.17. The van der Waals surface area contributed by atoms with Gasteiger partial charge < -0.3 is 5.32 Å². The molecule has 2 nitrogen and oxygen atoms in total. The first-order valence-corrected chi connectivity index (χ1v) is 7.20. The SMILES string of the molecule is CCNC(CCc1cccnc1)c1ccc(C)c(F)c1F.